The predicted molar refractivity (Wildman–Crippen MR) is 68.0 cm³/mol. The molecule has 1 saturated carbocycles. The second-order valence-electron chi connectivity index (χ2n) is 5.27. The minimum atomic E-state index is 0.505. The molecule has 1 spiro atoms. The van der Waals surface area contributed by atoms with Gasteiger partial charge in [0.15, 0.2) is 0 Å². The van der Waals surface area contributed by atoms with Gasteiger partial charge >= 0.3 is 0 Å². The first-order valence-electron chi connectivity index (χ1n) is 6.27. The molecule has 1 aromatic rings. The molecule has 86 valence electrons. The van der Waals surface area contributed by atoms with E-state index in [1.54, 1.807) is 0 Å². The Morgan fingerprint density at radius 2 is 1.94 bits per heavy atom. The van der Waals surface area contributed by atoms with E-state index in [4.69, 9.17) is 11.6 Å². The van der Waals surface area contributed by atoms with Gasteiger partial charge in [-0.2, -0.15) is 0 Å². The summed E-state index contributed by atoms with van der Waals surface area (Å²) < 4.78 is 0. The lowest BCUT2D eigenvalue weighted by Gasteiger charge is -2.30. The Kier molecular flexibility index (Phi) is 2.68. The fourth-order valence-electron chi connectivity index (χ4n) is 3.61. The molecule has 2 aliphatic rings. The summed E-state index contributed by atoms with van der Waals surface area (Å²) in [6.45, 7) is 2.28. The van der Waals surface area contributed by atoms with E-state index in [0.29, 0.717) is 11.3 Å². The summed E-state index contributed by atoms with van der Waals surface area (Å²) in [6.07, 6.45) is 5.52. The van der Waals surface area contributed by atoms with Crippen LogP contribution in [0.2, 0.25) is 5.02 Å². The Bertz CT molecular complexity index is 377. The quantitative estimate of drug-likeness (QED) is 0.785. The molecule has 0 amide bonds. The van der Waals surface area contributed by atoms with Gasteiger partial charge in [0.1, 0.15) is 0 Å². The van der Waals surface area contributed by atoms with Crippen molar-refractivity contribution in [1.82, 2.24) is 5.32 Å². The highest BCUT2D eigenvalue weighted by Gasteiger charge is 2.45. The normalized spacial score (nSPS) is 27.7. The molecule has 1 unspecified atom stereocenters. The van der Waals surface area contributed by atoms with Crippen LogP contribution < -0.4 is 5.32 Å². The van der Waals surface area contributed by atoms with Gasteiger partial charge in [-0.25, -0.2) is 0 Å². The monoisotopic (exact) mass is 235 g/mol. The van der Waals surface area contributed by atoms with Crippen LogP contribution in [-0.2, 0) is 0 Å². The van der Waals surface area contributed by atoms with Crippen LogP contribution in [0.4, 0.5) is 0 Å². The lowest BCUT2D eigenvalue weighted by Crippen LogP contribution is -2.25. The molecule has 1 aliphatic heterocycles. The number of rotatable bonds is 1. The van der Waals surface area contributed by atoms with Crippen LogP contribution in [0.3, 0.4) is 0 Å². The lowest BCUT2D eigenvalue weighted by atomic mass is 9.73. The third kappa shape index (κ3) is 1.57. The van der Waals surface area contributed by atoms with E-state index < -0.39 is 0 Å². The first kappa shape index (κ1) is 10.6. The molecule has 1 heterocycles. The van der Waals surface area contributed by atoms with Crippen molar-refractivity contribution in [3.8, 4) is 0 Å². The molecule has 1 atom stereocenters. The minimum absolute atomic E-state index is 0.505. The van der Waals surface area contributed by atoms with Crippen LogP contribution in [0, 0.1) is 5.41 Å². The zero-order chi connectivity index (χ0) is 11.0. The number of hydrogen-bond acceptors (Lipinski definition) is 1. The molecule has 1 saturated heterocycles. The maximum Gasteiger partial charge on any atom is 0.0441 e. The first-order chi connectivity index (χ1) is 7.82. The van der Waals surface area contributed by atoms with Crippen molar-refractivity contribution in [1.29, 1.82) is 0 Å². The van der Waals surface area contributed by atoms with Gasteiger partial charge in [-0.15, -0.1) is 0 Å². The number of hydrogen-bond donors (Lipinski definition) is 1. The van der Waals surface area contributed by atoms with E-state index >= 15 is 0 Å². The fraction of sp³-hybridized carbons (Fsp3) is 0.571. The molecule has 2 fully saturated rings. The van der Waals surface area contributed by atoms with Gasteiger partial charge in [0.05, 0.1) is 0 Å². The van der Waals surface area contributed by atoms with Crippen molar-refractivity contribution in [2.24, 2.45) is 5.41 Å². The van der Waals surface area contributed by atoms with E-state index in [1.165, 1.54) is 37.8 Å². The number of halogens is 1. The second-order valence-corrected chi connectivity index (χ2v) is 5.68. The predicted octanol–water partition coefficient (Wildman–Crippen LogP) is 3.59. The molecular weight excluding hydrogens is 218 g/mol. The average Bonchev–Trinajstić information content (AvgIpc) is 2.91. The van der Waals surface area contributed by atoms with Gasteiger partial charge in [-0.3, -0.25) is 0 Å². The average molecular weight is 236 g/mol. The Hall–Kier alpha value is -0.530. The summed E-state index contributed by atoms with van der Waals surface area (Å²) >= 11 is 6.34. The molecule has 1 aromatic carbocycles. The number of nitrogens with one attached hydrogen (secondary N) is 1. The summed E-state index contributed by atoms with van der Waals surface area (Å²) in [5, 5.41) is 4.52. The molecule has 1 N–H and O–H groups in total. The minimum Gasteiger partial charge on any atom is -0.316 e. The molecule has 0 radical (unpaired) electrons. The Morgan fingerprint density at radius 3 is 2.69 bits per heavy atom. The highest BCUT2D eigenvalue weighted by molar-refractivity contribution is 6.31. The molecule has 0 bridgehead atoms. The summed E-state index contributed by atoms with van der Waals surface area (Å²) in [7, 11) is 0. The van der Waals surface area contributed by atoms with Crippen LogP contribution in [0.25, 0.3) is 0 Å². The molecule has 2 heteroatoms. The van der Waals surface area contributed by atoms with Crippen LogP contribution >= 0.6 is 11.6 Å². The van der Waals surface area contributed by atoms with E-state index in [1.807, 2.05) is 12.1 Å². The fourth-order valence-corrected chi connectivity index (χ4v) is 3.87. The van der Waals surface area contributed by atoms with Gasteiger partial charge in [0.25, 0.3) is 0 Å². The molecule has 16 heavy (non-hydrogen) atoms. The van der Waals surface area contributed by atoms with Crippen molar-refractivity contribution in [2.45, 2.75) is 31.6 Å². The van der Waals surface area contributed by atoms with Crippen LogP contribution in [0.15, 0.2) is 24.3 Å². The third-order valence-electron chi connectivity index (χ3n) is 4.44. The maximum atomic E-state index is 6.34. The molecule has 0 aromatic heterocycles. The zero-order valence-electron chi connectivity index (χ0n) is 9.51. The smallest absolute Gasteiger partial charge is 0.0441 e. The summed E-state index contributed by atoms with van der Waals surface area (Å²) in [6, 6.07) is 8.37. The standard InChI is InChI=1S/C14H18ClN/c15-13-6-2-1-5-11(13)12-9-16-10-14(12)7-3-4-8-14/h1-2,5-6,12,16H,3-4,7-10H2. The highest BCUT2D eigenvalue weighted by atomic mass is 35.5. The summed E-state index contributed by atoms with van der Waals surface area (Å²) in [5.41, 5.74) is 1.86. The van der Waals surface area contributed by atoms with Gasteiger partial charge in [0.2, 0.25) is 0 Å². The highest BCUT2D eigenvalue weighted by Crippen LogP contribution is 2.51. The lowest BCUT2D eigenvalue weighted by molar-refractivity contribution is 0.295. The summed E-state index contributed by atoms with van der Waals surface area (Å²) in [4.78, 5) is 0. The molecule has 1 nitrogen and oxygen atoms in total. The molecule has 1 aliphatic carbocycles. The van der Waals surface area contributed by atoms with Gasteiger partial charge in [-0.1, -0.05) is 42.6 Å². The van der Waals surface area contributed by atoms with E-state index in [9.17, 15) is 0 Å². The Labute approximate surface area is 102 Å². The molecule has 3 rings (SSSR count). The van der Waals surface area contributed by atoms with E-state index in [-0.39, 0.29) is 0 Å². The van der Waals surface area contributed by atoms with Crippen molar-refractivity contribution in [3.05, 3.63) is 34.9 Å². The SMILES string of the molecule is Clc1ccccc1C1CNCC12CCCC2. The zero-order valence-corrected chi connectivity index (χ0v) is 10.3. The van der Waals surface area contributed by atoms with Crippen molar-refractivity contribution in [2.75, 3.05) is 13.1 Å². The Balaban J connectivity index is 1.97. The molecular formula is C14H18ClN. The Morgan fingerprint density at radius 1 is 1.19 bits per heavy atom. The van der Waals surface area contributed by atoms with E-state index in [2.05, 4.69) is 17.4 Å². The maximum absolute atomic E-state index is 6.34. The van der Waals surface area contributed by atoms with Gasteiger partial charge < -0.3 is 5.32 Å². The van der Waals surface area contributed by atoms with Crippen LogP contribution in [-0.4, -0.2) is 13.1 Å². The summed E-state index contributed by atoms with van der Waals surface area (Å²) in [5.74, 6) is 0.628. The van der Waals surface area contributed by atoms with Crippen molar-refractivity contribution < 1.29 is 0 Å². The first-order valence-corrected chi connectivity index (χ1v) is 6.65. The largest absolute Gasteiger partial charge is 0.316 e. The topological polar surface area (TPSA) is 12.0 Å². The van der Waals surface area contributed by atoms with Crippen LogP contribution in [0.1, 0.15) is 37.2 Å². The van der Waals surface area contributed by atoms with Gasteiger partial charge in [0, 0.05) is 24.0 Å². The third-order valence-corrected chi connectivity index (χ3v) is 4.79. The van der Waals surface area contributed by atoms with Crippen molar-refractivity contribution in [3.63, 3.8) is 0 Å². The van der Waals surface area contributed by atoms with E-state index in [0.717, 1.165) is 11.6 Å². The number of benzene rings is 1. The van der Waals surface area contributed by atoms with Crippen molar-refractivity contribution >= 4 is 11.6 Å². The van der Waals surface area contributed by atoms with Crippen LogP contribution in [0.5, 0.6) is 0 Å². The van der Waals surface area contributed by atoms with Gasteiger partial charge in [-0.05, 0) is 29.9 Å². The second kappa shape index (κ2) is 4.05.